The van der Waals surface area contributed by atoms with Gasteiger partial charge < -0.3 is 10.6 Å². The van der Waals surface area contributed by atoms with Crippen LogP contribution in [0.2, 0.25) is 0 Å². The minimum atomic E-state index is -0.283. The summed E-state index contributed by atoms with van der Waals surface area (Å²) >= 11 is 0. The molecule has 1 saturated heterocycles. The van der Waals surface area contributed by atoms with Gasteiger partial charge in [0.05, 0.1) is 6.42 Å². The number of nitrogens with one attached hydrogen (secondary N) is 1. The Kier molecular flexibility index (Phi) is 6.54. The molecule has 1 aromatic heterocycles. The van der Waals surface area contributed by atoms with Crippen molar-refractivity contribution in [1.29, 1.82) is 0 Å². The summed E-state index contributed by atoms with van der Waals surface area (Å²) in [5.41, 5.74) is 7.96. The third kappa shape index (κ3) is 5.84. The van der Waals surface area contributed by atoms with Crippen LogP contribution in [0, 0.1) is 19.8 Å². The van der Waals surface area contributed by atoms with Crippen LogP contribution in [0.1, 0.15) is 29.8 Å². The largest absolute Gasteiger partial charge is 0.369 e. The molecule has 1 fully saturated rings. The predicted octanol–water partition coefficient (Wildman–Crippen LogP) is 1.64. The van der Waals surface area contributed by atoms with Crippen LogP contribution in [0.25, 0.3) is 0 Å². The zero-order chi connectivity index (χ0) is 20.8. The van der Waals surface area contributed by atoms with Gasteiger partial charge in [0.25, 0.3) is 5.95 Å². The first-order valence-electron chi connectivity index (χ1n) is 9.69. The molecule has 1 aromatic carbocycles. The van der Waals surface area contributed by atoms with Gasteiger partial charge in [0, 0.05) is 30.4 Å². The molecule has 2 amide bonds. The number of primary amides is 1. The number of carbonyl (C=O) groups excluding carboxylic acids is 2. The Morgan fingerprint density at radius 1 is 1.14 bits per heavy atom. The number of hydrogen-bond donors (Lipinski definition) is 2. The number of piperidine rings is 1. The lowest BCUT2D eigenvalue weighted by atomic mass is 9.96. The molecular formula is C21H26N6O2. The van der Waals surface area contributed by atoms with Crippen molar-refractivity contribution in [3.05, 3.63) is 53.3 Å². The van der Waals surface area contributed by atoms with Gasteiger partial charge in [-0.2, -0.15) is 4.99 Å². The average molecular weight is 394 g/mol. The number of guanidine groups is 1. The summed E-state index contributed by atoms with van der Waals surface area (Å²) in [6.45, 7) is 4.89. The van der Waals surface area contributed by atoms with Crippen molar-refractivity contribution in [2.24, 2.45) is 16.6 Å². The zero-order valence-electron chi connectivity index (χ0n) is 16.8. The number of aryl methyl sites for hydroxylation is 2. The minimum absolute atomic E-state index is 0.148. The molecule has 1 aliphatic rings. The minimum Gasteiger partial charge on any atom is -0.369 e. The first-order chi connectivity index (χ1) is 13.9. The Bertz CT molecular complexity index is 884. The van der Waals surface area contributed by atoms with Crippen molar-refractivity contribution in [3.63, 3.8) is 0 Å². The molecule has 3 N–H and O–H groups in total. The van der Waals surface area contributed by atoms with E-state index in [1.54, 1.807) is 0 Å². The van der Waals surface area contributed by atoms with Crippen molar-refractivity contribution in [1.82, 2.24) is 20.2 Å². The van der Waals surface area contributed by atoms with Crippen LogP contribution < -0.4 is 11.1 Å². The Hall–Kier alpha value is -3.29. The Morgan fingerprint density at radius 3 is 2.34 bits per heavy atom. The lowest BCUT2D eigenvalue weighted by Crippen LogP contribution is -2.49. The number of nitrogens with zero attached hydrogens (tertiary/aromatic N) is 4. The van der Waals surface area contributed by atoms with Crippen LogP contribution in [0.4, 0.5) is 5.95 Å². The van der Waals surface area contributed by atoms with Crippen molar-refractivity contribution >= 4 is 23.7 Å². The number of aromatic nitrogens is 2. The van der Waals surface area contributed by atoms with Gasteiger partial charge in [-0.15, -0.1) is 0 Å². The van der Waals surface area contributed by atoms with E-state index in [9.17, 15) is 9.59 Å². The number of carbonyl (C=O) groups is 2. The summed E-state index contributed by atoms with van der Waals surface area (Å²) in [5, 5.41) is 2.91. The fourth-order valence-corrected chi connectivity index (χ4v) is 3.36. The van der Waals surface area contributed by atoms with Crippen molar-refractivity contribution < 1.29 is 9.59 Å². The molecule has 0 aliphatic carbocycles. The maximum Gasteiger partial charge on any atom is 0.253 e. The highest BCUT2D eigenvalue weighted by molar-refractivity contribution is 5.98. The molecule has 29 heavy (non-hydrogen) atoms. The molecule has 0 unspecified atom stereocenters. The van der Waals surface area contributed by atoms with Gasteiger partial charge >= 0.3 is 0 Å². The second-order valence-electron chi connectivity index (χ2n) is 7.26. The average Bonchev–Trinajstić information content (AvgIpc) is 2.67. The number of hydrogen-bond acceptors (Lipinski definition) is 5. The second kappa shape index (κ2) is 9.27. The Morgan fingerprint density at radius 2 is 1.76 bits per heavy atom. The van der Waals surface area contributed by atoms with Gasteiger partial charge in [-0.3, -0.25) is 14.9 Å². The van der Waals surface area contributed by atoms with Crippen molar-refractivity contribution in [3.8, 4) is 0 Å². The van der Waals surface area contributed by atoms with Crippen LogP contribution in [-0.2, 0) is 16.0 Å². The van der Waals surface area contributed by atoms with Gasteiger partial charge in [-0.1, -0.05) is 30.3 Å². The van der Waals surface area contributed by atoms with Crippen molar-refractivity contribution in [2.75, 3.05) is 13.1 Å². The number of likely N-dealkylation sites (tertiary alicyclic amines) is 1. The van der Waals surface area contributed by atoms with Gasteiger partial charge in [0.15, 0.2) is 0 Å². The molecule has 0 atom stereocenters. The van der Waals surface area contributed by atoms with Crippen LogP contribution in [0.15, 0.2) is 41.4 Å². The fourth-order valence-electron chi connectivity index (χ4n) is 3.36. The van der Waals surface area contributed by atoms with Gasteiger partial charge in [0.2, 0.25) is 17.8 Å². The predicted molar refractivity (Wildman–Crippen MR) is 110 cm³/mol. The SMILES string of the molecule is Cc1cc(C)nc(/N=C(\NC(=O)Cc2ccccc2)N2CCC(C(N)=O)CC2)n1. The topological polar surface area (TPSA) is 114 Å². The molecular weight excluding hydrogens is 368 g/mol. The van der Waals surface area contributed by atoms with Gasteiger partial charge in [0.1, 0.15) is 0 Å². The number of nitrogens with two attached hydrogens (primary N) is 1. The van der Waals surface area contributed by atoms with Crippen LogP contribution in [0.5, 0.6) is 0 Å². The fraction of sp³-hybridized carbons (Fsp3) is 0.381. The monoisotopic (exact) mass is 394 g/mol. The van der Waals surface area contributed by atoms with E-state index < -0.39 is 0 Å². The molecule has 0 spiro atoms. The second-order valence-corrected chi connectivity index (χ2v) is 7.26. The highest BCUT2D eigenvalue weighted by atomic mass is 16.2. The van der Waals surface area contributed by atoms with E-state index in [-0.39, 0.29) is 24.2 Å². The third-order valence-corrected chi connectivity index (χ3v) is 4.83. The summed E-state index contributed by atoms with van der Waals surface area (Å²) in [7, 11) is 0. The molecule has 0 saturated carbocycles. The van der Waals surface area contributed by atoms with E-state index in [0.29, 0.717) is 37.8 Å². The highest BCUT2D eigenvalue weighted by Gasteiger charge is 2.26. The molecule has 152 valence electrons. The molecule has 2 aromatic rings. The normalized spacial score (nSPS) is 15.2. The molecule has 2 heterocycles. The first-order valence-corrected chi connectivity index (χ1v) is 9.69. The summed E-state index contributed by atoms with van der Waals surface area (Å²) in [6, 6.07) is 11.4. The standard InChI is InChI=1S/C21H26N6O2/c1-14-12-15(2)24-20(23-14)26-21(27-10-8-17(9-11-27)19(22)29)25-18(28)13-16-6-4-3-5-7-16/h3-7,12,17H,8-11,13H2,1-2H3,(H2,22,29)(H,23,24,25,26,28). The van der Waals surface area contributed by atoms with E-state index in [1.807, 2.05) is 55.1 Å². The highest BCUT2D eigenvalue weighted by Crippen LogP contribution is 2.18. The van der Waals surface area contributed by atoms with E-state index in [1.165, 1.54) is 0 Å². The van der Waals surface area contributed by atoms with Gasteiger partial charge in [-0.25, -0.2) is 9.97 Å². The lowest BCUT2D eigenvalue weighted by Gasteiger charge is -2.32. The van der Waals surface area contributed by atoms with E-state index in [0.717, 1.165) is 17.0 Å². The van der Waals surface area contributed by atoms with Crippen LogP contribution >= 0.6 is 0 Å². The number of aliphatic imine (C=N–C) groups is 1. The summed E-state index contributed by atoms with van der Waals surface area (Å²) < 4.78 is 0. The number of amides is 2. The molecule has 3 rings (SSSR count). The maximum atomic E-state index is 12.6. The molecule has 8 heteroatoms. The summed E-state index contributed by atoms with van der Waals surface area (Å²) in [6.07, 6.45) is 1.48. The van der Waals surface area contributed by atoms with Crippen LogP contribution in [0.3, 0.4) is 0 Å². The maximum absolute atomic E-state index is 12.6. The third-order valence-electron chi connectivity index (χ3n) is 4.83. The molecule has 1 aliphatic heterocycles. The van der Waals surface area contributed by atoms with Gasteiger partial charge in [-0.05, 0) is 38.3 Å². The Balaban J connectivity index is 1.80. The van der Waals surface area contributed by atoms with E-state index in [2.05, 4.69) is 20.3 Å². The number of benzene rings is 1. The lowest BCUT2D eigenvalue weighted by molar-refractivity contribution is -0.123. The quantitative estimate of drug-likeness (QED) is 0.604. The summed E-state index contributed by atoms with van der Waals surface area (Å²) in [5.74, 6) is 0.101. The van der Waals surface area contributed by atoms with E-state index >= 15 is 0 Å². The first kappa shape index (κ1) is 20.4. The smallest absolute Gasteiger partial charge is 0.253 e. The summed E-state index contributed by atoms with van der Waals surface area (Å²) in [4.78, 5) is 39.3. The molecule has 0 bridgehead atoms. The molecule has 8 nitrogen and oxygen atoms in total. The van der Waals surface area contributed by atoms with Crippen LogP contribution in [-0.4, -0.2) is 45.7 Å². The molecule has 0 radical (unpaired) electrons. The number of rotatable bonds is 4. The van der Waals surface area contributed by atoms with E-state index in [4.69, 9.17) is 5.73 Å². The van der Waals surface area contributed by atoms with Crippen molar-refractivity contribution in [2.45, 2.75) is 33.1 Å². The Labute approximate surface area is 170 Å². The zero-order valence-corrected chi connectivity index (χ0v) is 16.8.